The van der Waals surface area contributed by atoms with Gasteiger partial charge in [-0.2, -0.15) is 5.10 Å². The van der Waals surface area contributed by atoms with E-state index in [9.17, 15) is 9.90 Å². The summed E-state index contributed by atoms with van der Waals surface area (Å²) in [5.74, 6) is 0. The number of nitrogens with one attached hydrogen (secondary N) is 1. The van der Waals surface area contributed by atoms with Crippen molar-refractivity contribution in [1.29, 1.82) is 0 Å². The maximum atomic E-state index is 11.7. The van der Waals surface area contributed by atoms with Crippen molar-refractivity contribution in [3.05, 3.63) is 21.0 Å². The highest BCUT2D eigenvalue weighted by molar-refractivity contribution is 9.10. The second-order valence-corrected chi connectivity index (χ2v) is 5.31. The average Bonchev–Trinajstić information content (AvgIpc) is 2.66. The lowest BCUT2D eigenvalue weighted by molar-refractivity contribution is -0.0176. The van der Waals surface area contributed by atoms with E-state index in [1.54, 1.807) is 13.2 Å². The van der Waals surface area contributed by atoms with Crippen molar-refractivity contribution in [1.82, 2.24) is 9.78 Å². The van der Waals surface area contributed by atoms with Crippen molar-refractivity contribution in [2.75, 3.05) is 18.5 Å². The molecule has 0 aliphatic carbocycles. The van der Waals surface area contributed by atoms with E-state index in [1.165, 1.54) is 4.68 Å². The van der Waals surface area contributed by atoms with Crippen molar-refractivity contribution in [3.8, 4) is 0 Å². The van der Waals surface area contributed by atoms with E-state index >= 15 is 0 Å². The largest absolute Gasteiger partial charge is 0.385 e. The predicted molar refractivity (Wildman–Crippen MR) is 70.6 cm³/mol. The summed E-state index contributed by atoms with van der Waals surface area (Å²) in [5.41, 5.74) is -0.547. The zero-order valence-electron chi connectivity index (χ0n) is 10.3. The number of aryl methyl sites for hydroxylation is 1. The number of hydrogen-bond acceptors (Lipinski definition) is 5. The van der Waals surface area contributed by atoms with Gasteiger partial charge in [-0.15, -0.1) is 0 Å². The Hall–Kier alpha value is -0.920. The first-order chi connectivity index (χ1) is 8.44. The summed E-state index contributed by atoms with van der Waals surface area (Å²) in [6.45, 7) is 2.71. The molecule has 1 fully saturated rings. The van der Waals surface area contributed by atoms with E-state index in [-0.39, 0.29) is 11.7 Å². The first-order valence-electron chi connectivity index (χ1n) is 5.74. The van der Waals surface area contributed by atoms with E-state index in [0.29, 0.717) is 29.7 Å². The van der Waals surface area contributed by atoms with Gasteiger partial charge in [0.25, 0.3) is 5.56 Å². The zero-order chi connectivity index (χ0) is 13.3. The van der Waals surface area contributed by atoms with Gasteiger partial charge >= 0.3 is 0 Å². The Morgan fingerprint density at radius 2 is 2.50 bits per heavy atom. The summed E-state index contributed by atoms with van der Waals surface area (Å²) >= 11 is 3.22. The Bertz CT molecular complexity index is 505. The minimum absolute atomic E-state index is 0.219. The monoisotopic (exact) mass is 317 g/mol. The maximum absolute atomic E-state index is 11.7. The van der Waals surface area contributed by atoms with Gasteiger partial charge < -0.3 is 15.2 Å². The molecule has 18 heavy (non-hydrogen) atoms. The SMILES string of the molecule is CC1OCCC1(O)CNc1cnn(C)c(=O)c1Br. The molecular formula is C11H16BrN3O3. The highest BCUT2D eigenvalue weighted by Crippen LogP contribution is 2.26. The van der Waals surface area contributed by atoms with Crippen LogP contribution in [0.5, 0.6) is 0 Å². The summed E-state index contributed by atoms with van der Waals surface area (Å²) in [6, 6.07) is 0. The smallest absolute Gasteiger partial charge is 0.282 e. The van der Waals surface area contributed by atoms with Crippen molar-refractivity contribution in [3.63, 3.8) is 0 Å². The molecule has 0 saturated carbocycles. The summed E-state index contributed by atoms with van der Waals surface area (Å²) in [4.78, 5) is 11.7. The molecule has 0 aromatic carbocycles. The van der Waals surface area contributed by atoms with Crippen molar-refractivity contribution in [2.45, 2.75) is 25.0 Å². The van der Waals surface area contributed by atoms with Gasteiger partial charge in [0, 0.05) is 26.6 Å². The first-order valence-corrected chi connectivity index (χ1v) is 6.53. The Morgan fingerprint density at radius 3 is 3.11 bits per heavy atom. The van der Waals surface area contributed by atoms with Crippen molar-refractivity contribution < 1.29 is 9.84 Å². The van der Waals surface area contributed by atoms with Crippen LogP contribution in [-0.4, -0.2) is 39.7 Å². The maximum Gasteiger partial charge on any atom is 0.282 e. The topological polar surface area (TPSA) is 76.4 Å². The lowest BCUT2D eigenvalue weighted by Gasteiger charge is -2.26. The Labute approximate surface area is 113 Å². The van der Waals surface area contributed by atoms with Crippen LogP contribution in [0.25, 0.3) is 0 Å². The van der Waals surface area contributed by atoms with Crippen LogP contribution in [0.1, 0.15) is 13.3 Å². The fourth-order valence-electron chi connectivity index (χ4n) is 1.89. The van der Waals surface area contributed by atoms with E-state index in [4.69, 9.17) is 4.74 Å². The Balaban J connectivity index is 2.12. The molecule has 0 spiro atoms. The fourth-order valence-corrected chi connectivity index (χ4v) is 2.38. The van der Waals surface area contributed by atoms with E-state index in [2.05, 4.69) is 26.3 Å². The number of halogens is 1. The molecule has 6 nitrogen and oxygen atoms in total. The minimum Gasteiger partial charge on any atom is -0.385 e. The molecule has 7 heteroatoms. The Kier molecular flexibility index (Phi) is 3.74. The second-order valence-electron chi connectivity index (χ2n) is 4.52. The molecule has 0 bridgehead atoms. The van der Waals surface area contributed by atoms with Crippen LogP contribution in [-0.2, 0) is 11.8 Å². The minimum atomic E-state index is -0.902. The van der Waals surface area contributed by atoms with Crippen LogP contribution in [0.15, 0.2) is 15.5 Å². The number of rotatable bonds is 3. The molecule has 0 radical (unpaired) electrons. The molecule has 0 amide bonds. The molecule has 100 valence electrons. The lowest BCUT2D eigenvalue weighted by Crippen LogP contribution is -2.43. The quantitative estimate of drug-likeness (QED) is 0.848. The Morgan fingerprint density at radius 1 is 1.78 bits per heavy atom. The molecule has 1 saturated heterocycles. The van der Waals surface area contributed by atoms with Gasteiger partial charge in [-0.25, -0.2) is 4.68 Å². The standard InChI is InChI=1S/C11H16BrN3O3/c1-7-11(17,3-4-18-7)6-13-8-5-14-15(2)10(16)9(8)12/h5,7,13,17H,3-4,6H2,1-2H3. The molecule has 2 N–H and O–H groups in total. The van der Waals surface area contributed by atoms with Gasteiger partial charge in [-0.05, 0) is 22.9 Å². The summed E-state index contributed by atoms with van der Waals surface area (Å²) in [7, 11) is 1.58. The molecule has 2 atom stereocenters. The zero-order valence-corrected chi connectivity index (χ0v) is 11.9. The van der Waals surface area contributed by atoms with Gasteiger partial charge in [0.05, 0.1) is 18.0 Å². The summed E-state index contributed by atoms with van der Waals surface area (Å²) < 4.78 is 7.00. The van der Waals surface area contributed by atoms with Crippen LogP contribution < -0.4 is 10.9 Å². The highest BCUT2D eigenvalue weighted by atomic mass is 79.9. The van der Waals surface area contributed by atoms with Crippen LogP contribution in [0.2, 0.25) is 0 Å². The number of aliphatic hydroxyl groups is 1. The molecule has 1 aromatic rings. The highest BCUT2D eigenvalue weighted by Gasteiger charge is 2.39. The van der Waals surface area contributed by atoms with Crippen LogP contribution >= 0.6 is 15.9 Å². The molecule has 1 aromatic heterocycles. The predicted octanol–water partition coefficient (Wildman–Crippen LogP) is 0.495. The van der Waals surface area contributed by atoms with Gasteiger partial charge in [-0.1, -0.05) is 0 Å². The van der Waals surface area contributed by atoms with Crippen LogP contribution in [0.4, 0.5) is 5.69 Å². The molecule has 2 heterocycles. The lowest BCUT2D eigenvalue weighted by atomic mass is 9.97. The van der Waals surface area contributed by atoms with Gasteiger partial charge in [0.2, 0.25) is 0 Å². The number of nitrogens with zero attached hydrogens (tertiary/aromatic N) is 2. The second kappa shape index (κ2) is 4.99. The van der Waals surface area contributed by atoms with E-state index in [1.807, 2.05) is 6.92 Å². The molecule has 1 aliphatic heterocycles. The number of ether oxygens (including phenoxy) is 1. The average molecular weight is 318 g/mol. The summed E-state index contributed by atoms with van der Waals surface area (Å²) in [5, 5.41) is 17.3. The van der Waals surface area contributed by atoms with E-state index < -0.39 is 5.60 Å². The third-order valence-electron chi connectivity index (χ3n) is 3.32. The van der Waals surface area contributed by atoms with Gasteiger partial charge in [0.15, 0.2) is 0 Å². The molecule has 2 rings (SSSR count). The fraction of sp³-hybridized carbons (Fsp3) is 0.636. The summed E-state index contributed by atoms with van der Waals surface area (Å²) in [6.07, 6.45) is 1.91. The number of anilines is 1. The van der Waals surface area contributed by atoms with Crippen LogP contribution in [0.3, 0.4) is 0 Å². The van der Waals surface area contributed by atoms with E-state index in [0.717, 1.165) is 0 Å². The number of aromatic nitrogens is 2. The first kappa shape index (κ1) is 13.5. The third-order valence-corrected chi connectivity index (χ3v) is 4.09. The molecule has 2 unspecified atom stereocenters. The number of hydrogen-bond donors (Lipinski definition) is 2. The van der Waals surface area contributed by atoms with Gasteiger partial charge in [0.1, 0.15) is 10.1 Å². The van der Waals surface area contributed by atoms with Crippen molar-refractivity contribution in [2.24, 2.45) is 7.05 Å². The van der Waals surface area contributed by atoms with Gasteiger partial charge in [-0.3, -0.25) is 4.79 Å². The molecule has 1 aliphatic rings. The molecular weight excluding hydrogens is 302 g/mol. The van der Waals surface area contributed by atoms with Crippen molar-refractivity contribution >= 4 is 21.6 Å². The normalized spacial score (nSPS) is 27.4. The third kappa shape index (κ3) is 2.43. The van der Waals surface area contributed by atoms with Crippen LogP contribution in [0, 0.1) is 0 Å².